The van der Waals surface area contributed by atoms with Gasteiger partial charge in [0.05, 0.1) is 15.1 Å². The topological polar surface area (TPSA) is 21.3 Å². The summed E-state index contributed by atoms with van der Waals surface area (Å²) in [5.41, 5.74) is 0. The molecule has 0 saturated heterocycles. The van der Waals surface area contributed by atoms with Gasteiger partial charge in [-0.2, -0.15) is 0 Å². The Morgan fingerprint density at radius 3 is 1.89 bits per heavy atom. The Hall–Kier alpha value is 0.430. The van der Waals surface area contributed by atoms with Crippen molar-refractivity contribution >= 4 is 58.0 Å². The van der Waals surface area contributed by atoms with E-state index in [0.717, 1.165) is 6.42 Å². The summed E-state index contributed by atoms with van der Waals surface area (Å²) < 4.78 is 5.53. The molecule has 1 unspecified atom stereocenters. The molecule has 1 atom stereocenters. The second kappa shape index (κ2) is 8.02. The first-order valence-electron chi connectivity index (χ1n) is 5.77. The highest BCUT2D eigenvalue weighted by Crippen LogP contribution is 2.48. The molecule has 0 saturated carbocycles. The zero-order valence-electron chi connectivity index (χ0n) is 10.5. The van der Waals surface area contributed by atoms with E-state index >= 15 is 0 Å². The summed E-state index contributed by atoms with van der Waals surface area (Å²) in [6.07, 6.45) is 1.04. The zero-order valence-corrected chi connectivity index (χ0v) is 14.3. The Labute approximate surface area is 138 Å². The summed E-state index contributed by atoms with van der Waals surface area (Å²) in [7, 11) is 0. The third kappa shape index (κ3) is 4.45. The molecule has 0 fully saturated rings. The summed E-state index contributed by atoms with van der Waals surface area (Å²) in [6.45, 7) is 5.26. The first kappa shape index (κ1) is 17.5. The van der Waals surface area contributed by atoms with Gasteiger partial charge in [-0.05, 0) is 13.3 Å². The fourth-order valence-corrected chi connectivity index (χ4v) is 2.54. The third-order valence-electron chi connectivity index (χ3n) is 2.62. The minimum Gasteiger partial charge on any atom is -0.489 e. The van der Waals surface area contributed by atoms with Crippen molar-refractivity contribution in [3.63, 3.8) is 0 Å². The highest BCUT2D eigenvalue weighted by atomic mass is 35.5. The molecule has 1 rings (SSSR count). The third-order valence-corrected chi connectivity index (χ3v) is 4.87. The predicted octanol–water partition coefficient (Wildman–Crippen LogP) is 5.72. The van der Waals surface area contributed by atoms with Crippen LogP contribution in [0.15, 0.2) is 0 Å². The lowest BCUT2D eigenvalue weighted by atomic mass is 10.3. The van der Waals surface area contributed by atoms with Crippen LogP contribution in [-0.4, -0.2) is 19.2 Å². The maximum absolute atomic E-state index is 6.04. The molecule has 0 heterocycles. The van der Waals surface area contributed by atoms with E-state index < -0.39 is 0 Å². The molecular formula is C12H14Cl5NO. The van der Waals surface area contributed by atoms with Crippen molar-refractivity contribution in [3.05, 3.63) is 25.1 Å². The average Bonchev–Trinajstić information content (AvgIpc) is 2.41. The summed E-state index contributed by atoms with van der Waals surface area (Å²) in [5.74, 6) is 0.258. The van der Waals surface area contributed by atoms with Crippen LogP contribution >= 0.6 is 58.0 Å². The predicted molar refractivity (Wildman–Crippen MR) is 84.7 cm³/mol. The van der Waals surface area contributed by atoms with Crippen LogP contribution in [0.5, 0.6) is 5.75 Å². The molecule has 0 amide bonds. The van der Waals surface area contributed by atoms with Gasteiger partial charge in [-0.1, -0.05) is 64.9 Å². The fraction of sp³-hybridized carbons (Fsp3) is 0.500. The van der Waals surface area contributed by atoms with Crippen molar-refractivity contribution in [1.29, 1.82) is 0 Å². The number of rotatable bonds is 6. The molecule has 1 aromatic carbocycles. The van der Waals surface area contributed by atoms with Crippen molar-refractivity contribution < 1.29 is 4.74 Å². The second-order valence-corrected chi connectivity index (χ2v) is 5.90. The maximum atomic E-state index is 6.04. The Morgan fingerprint density at radius 1 is 0.947 bits per heavy atom. The quantitative estimate of drug-likeness (QED) is 0.395. The van der Waals surface area contributed by atoms with E-state index in [4.69, 9.17) is 62.7 Å². The largest absolute Gasteiger partial charge is 0.489 e. The molecule has 108 valence electrons. The second-order valence-electron chi connectivity index (χ2n) is 4.01. The lowest BCUT2D eigenvalue weighted by Crippen LogP contribution is -2.29. The van der Waals surface area contributed by atoms with E-state index in [1.165, 1.54) is 0 Å². The summed E-state index contributed by atoms with van der Waals surface area (Å²) in [4.78, 5) is 0. The standard InChI is InChI=1S/C12H14Cl5NO/c1-3-6(2)18-4-5-19-12-10(16)8(14)7(13)9(15)11(12)17/h6,18H,3-5H2,1-2H3. The molecule has 19 heavy (non-hydrogen) atoms. The van der Waals surface area contributed by atoms with E-state index in [1.54, 1.807) is 0 Å². The van der Waals surface area contributed by atoms with Crippen LogP contribution in [0.3, 0.4) is 0 Å². The van der Waals surface area contributed by atoms with E-state index in [-0.39, 0.29) is 30.9 Å². The smallest absolute Gasteiger partial charge is 0.159 e. The van der Waals surface area contributed by atoms with Crippen molar-refractivity contribution in [3.8, 4) is 5.75 Å². The number of nitrogens with one attached hydrogen (secondary N) is 1. The van der Waals surface area contributed by atoms with Crippen LogP contribution in [0.25, 0.3) is 0 Å². The highest BCUT2D eigenvalue weighted by Gasteiger charge is 2.20. The molecule has 7 heteroatoms. The number of benzene rings is 1. The van der Waals surface area contributed by atoms with Gasteiger partial charge in [-0.15, -0.1) is 0 Å². The molecule has 0 radical (unpaired) electrons. The summed E-state index contributed by atoms with van der Waals surface area (Å²) in [5, 5.41) is 4.03. The SMILES string of the molecule is CCC(C)NCCOc1c(Cl)c(Cl)c(Cl)c(Cl)c1Cl. The zero-order chi connectivity index (χ0) is 14.6. The molecule has 1 aromatic rings. The van der Waals surface area contributed by atoms with E-state index in [9.17, 15) is 0 Å². The number of halogens is 5. The van der Waals surface area contributed by atoms with Crippen LogP contribution in [0.2, 0.25) is 25.1 Å². The summed E-state index contributed by atoms with van der Waals surface area (Å²) in [6, 6.07) is 0.423. The first-order valence-corrected chi connectivity index (χ1v) is 7.66. The lowest BCUT2D eigenvalue weighted by Gasteiger charge is -2.15. The fourth-order valence-electron chi connectivity index (χ4n) is 1.31. The van der Waals surface area contributed by atoms with Gasteiger partial charge in [0.2, 0.25) is 0 Å². The van der Waals surface area contributed by atoms with Crippen LogP contribution < -0.4 is 10.1 Å². The minimum atomic E-state index is 0.128. The monoisotopic (exact) mass is 363 g/mol. The van der Waals surface area contributed by atoms with Crippen molar-refractivity contribution in [2.45, 2.75) is 26.3 Å². The van der Waals surface area contributed by atoms with Crippen LogP contribution in [0, 0.1) is 0 Å². The molecule has 1 N–H and O–H groups in total. The van der Waals surface area contributed by atoms with Gasteiger partial charge in [0.1, 0.15) is 16.7 Å². The van der Waals surface area contributed by atoms with Crippen LogP contribution in [-0.2, 0) is 0 Å². The highest BCUT2D eigenvalue weighted by molar-refractivity contribution is 6.55. The lowest BCUT2D eigenvalue weighted by molar-refractivity contribution is 0.306. The van der Waals surface area contributed by atoms with Gasteiger partial charge in [-0.3, -0.25) is 0 Å². The Kier molecular flexibility index (Phi) is 7.37. The normalized spacial score (nSPS) is 12.6. The van der Waals surface area contributed by atoms with Crippen molar-refractivity contribution in [2.75, 3.05) is 13.2 Å². The molecule has 0 aromatic heterocycles. The maximum Gasteiger partial charge on any atom is 0.159 e. The molecule has 0 aliphatic heterocycles. The number of ether oxygens (including phenoxy) is 1. The van der Waals surface area contributed by atoms with E-state index in [2.05, 4.69) is 19.2 Å². The molecule has 0 aliphatic carbocycles. The molecule has 2 nitrogen and oxygen atoms in total. The van der Waals surface area contributed by atoms with Gasteiger partial charge in [0.15, 0.2) is 5.75 Å². The van der Waals surface area contributed by atoms with Gasteiger partial charge < -0.3 is 10.1 Å². The molecular weight excluding hydrogens is 351 g/mol. The average molecular weight is 366 g/mol. The molecule has 0 bridgehead atoms. The molecule has 0 spiro atoms. The Balaban J connectivity index is 2.74. The van der Waals surface area contributed by atoms with Crippen LogP contribution in [0.4, 0.5) is 0 Å². The number of hydrogen-bond acceptors (Lipinski definition) is 2. The number of hydrogen-bond donors (Lipinski definition) is 1. The minimum absolute atomic E-state index is 0.128. The van der Waals surface area contributed by atoms with Gasteiger partial charge in [0.25, 0.3) is 0 Å². The van der Waals surface area contributed by atoms with Gasteiger partial charge in [0, 0.05) is 12.6 Å². The van der Waals surface area contributed by atoms with Gasteiger partial charge >= 0.3 is 0 Å². The summed E-state index contributed by atoms with van der Waals surface area (Å²) >= 11 is 29.8. The van der Waals surface area contributed by atoms with Crippen molar-refractivity contribution in [1.82, 2.24) is 5.32 Å². The Morgan fingerprint density at radius 2 is 1.42 bits per heavy atom. The van der Waals surface area contributed by atoms with Crippen molar-refractivity contribution in [2.24, 2.45) is 0 Å². The van der Waals surface area contributed by atoms with E-state index in [0.29, 0.717) is 19.2 Å². The Bertz CT molecular complexity index is 423. The van der Waals surface area contributed by atoms with E-state index in [1.807, 2.05) is 0 Å². The first-order chi connectivity index (χ1) is 8.90. The molecule has 0 aliphatic rings. The van der Waals surface area contributed by atoms with Gasteiger partial charge in [-0.25, -0.2) is 0 Å². The van der Waals surface area contributed by atoms with Crippen LogP contribution in [0.1, 0.15) is 20.3 Å².